The van der Waals surface area contributed by atoms with E-state index in [4.69, 9.17) is 9.15 Å². The van der Waals surface area contributed by atoms with Crippen molar-refractivity contribution in [3.05, 3.63) is 35.7 Å². The summed E-state index contributed by atoms with van der Waals surface area (Å²) in [5.41, 5.74) is 0.827. The van der Waals surface area contributed by atoms with E-state index in [1.807, 2.05) is 6.92 Å². The normalized spacial score (nSPS) is 11.2. The molecule has 0 aliphatic rings. The van der Waals surface area contributed by atoms with Crippen LogP contribution in [0, 0.1) is 0 Å². The molecule has 0 fully saturated rings. The van der Waals surface area contributed by atoms with Crippen LogP contribution in [-0.2, 0) is 27.6 Å². The molecule has 0 bridgehead atoms. The van der Waals surface area contributed by atoms with Gasteiger partial charge in [-0.05, 0) is 24.6 Å². The van der Waals surface area contributed by atoms with E-state index in [0.717, 1.165) is 17.6 Å². The zero-order chi connectivity index (χ0) is 16.9. The van der Waals surface area contributed by atoms with Gasteiger partial charge >= 0.3 is 5.22 Å². The molecule has 1 aromatic carbocycles. The Labute approximate surface area is 133 Å². The van der Waals surface area contributed by atoms with E-state index in [1.165, 1.54) is 0 Å². The Hall–Kier alpha value is -2.42. The fraction of sp³-hybridized carbons (Fsp3) is 0.357. The SMILES string of the molecule is CCOc1ccc(CC(=O)NCc2nnc(S(C)(=O)=O)o2)cc1. The maximum Gasteiger partial charge on any atom is 0.335 e. The Balaban J connectivity index is 1.86. The lowest BCUT2D eigenvalue weighted by atomic mass is 10.1. The molecule has 9 heteroatoms. The number of aromatic nitrogens is 2. The Morgan fingerprint density at radius 3 is 2.52 bits per heavy atom. The molecule has 0 aliphatic heterocycles. The number of amides is 1. The summed E-state index contributed by atoms with van der Waals surface area (Å²) < 4.78 is 32.7. The first-order valence-electron chi connectivity index (χ1n) is 6.89. The predicted octanol–water partition coefficient (Wildman–Crippen LogP) is 0.731. The fourth-order valence-electron chi connectivity index (χ4n) is 1.75. The van der Waals surface area contributed by atoms with Crippen molar-refractivity contribution in [2.24, 2.45) is 0 Å². The summed E-state index contributed by atoms with van der Waals surface area (Å²) in [5.74, 6) is 0.537. The molecule has 0 saturated heterocycles. The highest BCUT2D eigenvalue weighted by molar-refractivity contribution is 7.90. The number of nitrogens with zero attached hydrogens (tertiary/aromatic N) is 2. The van der Waals surface area contributed by atoms with Crippen molar-refractivity contribution in [1.82, 2.24) is 15.5 Å². The molecular formula is C14H17N3O5S. The van der Waals surface area contributed by atoms with Gasteiger partial charge in [-0.2, -0.15) is 0 Å². The average molecular weight is 339 g/mol. The van der Waals surface area contributed by atoms with Crippen LogP contribution in [0.1, 0.15) is 18.4 Å². The summed E-state index contributed by atoms with van der Waals surface area (Å²) in [6.07, 6.45) is 1.15. The molecule has 0 unspecified atom stereocenters. The van der Waals surface area contributed by atoms with Crippen molar-refractivity contribution >= 4 is 15.7 Å². The maximum atomic E-state index is 11.8. The molecule has 2 rings (SSSR count). The van der Waals surface area contributed by atoms with E-state index in [2.05, 4.69) is 15.5 Å². The number of carbonyl (C=O) groups excluding carboxylic acids is 1. The van der Waals surface area contributed by atoms with Crippen molar-refractivity contribution in [1.29, 1.82) is 0 Å². The molecule has 2 aromatic rings. The van der Waals surface area contributed by atoms with Crippen molar-refractivity contribution < 1.29 is 22.4 Å². The molecule has 0 spiro atoms. The van der Waals surface area contributed by atoms with E-state index >= 15 is 0 Å². The molecule has 23 heavy (non-hydrogen) atoms. The molecule has 8 nitrogen and oxygen atoms in total. The van der Waals surface area contributed by atoms with Crippen LogP contribution in [0.3, 0.4) is 0 Å². The maximum absolute atomic E-state index is 11.8. The molecule has 0 saturated carbocycles. The van der Waals surface area contributed by atoms with Gasteiger partial charge in [0.25, 0.3) is 0 Å². The van der Waals surface area contributed by atoms with Gasteiger partial charge in [0.15, 0.2) is 0 Å². The van der Waals surface area contributed by atoms with Crippen LogP contribution in [0.15, 0.2) is 33.9 Å². The summed E-state index contributed by atoms with van der Waals surface area (Å²) >= 11 is 0. The molecule has 1 heterocycles. The van der Waals surface area contributed by atoms with Crippen LogP contribution >= 0.6 is 0 Å². The van der Waals surface area contributed by atoms with Gasteiger partial charge in [-0.15, -0.1) is 5.10 Å². The number of sulfone groups is 1. The topological polar surface area (TPSA) is 111 Å². The van der Waals surface area contributed by atoms with Crippen LogP contribution in [0.5, 0.6) is 5.75 Å². The number of ether oxygens (including phenoxy) is 1. The van der Waals surface area contributed by atoms with Gasteiger partial charge in [0.1, 0.15) is 5.75 Å². The van der Waals surface area contributed by atoms with E-state index in [-0.39, 0.29) is 24.8 Å². The average Bonchev–Trinajstić information content (AvgIpc) is 2.97. The monoisotopic (exact) mass is 339 g/mol. The standard InChI is InChI=1S/C14H17N3O5S/c1-3-21-11-6-4-10(5-7-11)8-12(18)15-9-13-16-17-14(22-13)23(2,19)20/h4-7H,3,8-9H2,1-2H3,(H,15,18). The van der Waals surface area contributed by atoms with Gasteiger partial charge in [0.05, 0.1) is 19.6 Å². The summed E-state index contributed by atoms with van der Waals surface area (Å²) in [7, 11) is -3.54. The number of hydrogen-bond acceptors (Lipinski definition) is 7. The number of nitrogens with one attached hydrogen (secondary N) is 1. The largest absolute Gasteiger partial charge is 0.494 e. The molecular weight excluding hydrogens is 322 g/mol. The molecule has 0 radical (unpaired) electrons. The number of rotatable bonds is 7. The van der Waals surface area contributed by atoms with E-state index in [0.29, 0.717) is 6.61 Å². The van der Waals surface area contributed by atoms with Crippen molar-refractivity contribution in [2.75, 3.05) is 12.9 Å². The van der Waals surface area contributed by atoms with Gasteiger partial charge in [-0.3, -0.25) is 4.79 Å². The number of carbonyl (C=O) groups is 1. The third-order valence-electron chi connectivity index (χ3n) is 2.80. The third kappa shape index (κ3) is 5.06. The molecule has 1 aromatic heterocycles. The zero-order valence-electron chi connectivity index (χ0n) is 12.8. The Kier molecular flexibility index (Phi) is 5.32. The van der Waals surface area contributed by atoms with Gasteiger partial charge in [-0.1, -0.05) is 17.2 Å². The molecule has 1 amide bonds. The number of benzene rings is 1. The fourth-order valence-corrected chi connectivity index (χ4v) is 2.19. The van der Waals surface area contributed by atoms with Gasteiger partial charge in [0, 0.05) is 6.26 Å². The second-order valence-electron chi connectivity index (χ2n) is 4.76. The Morgan fingerprint density at radius 2 is 1.96 bits per heavy atom. The first-order valence-corrected chi connectivity index (χ1v) is 8.78. The highest BCUT2D eigenvalue weighted by atomic mass is 32.2. The predicted molar refractivity (Wildman–Crippen MR) is 80.6 cm³/mol. The van der Waals surface area contributed by atoms with Crippen molar-refractivity contribution in [3.8, 4) is 5.75 Å². The lowest BCUT2D eigenvalue weighted by molar-refractivity contribution is -0.120. The molecule has 1 N–H and O–H groups in total. The van der Waals surface area contributed by atoms with Gasteiger partial charge < -0.3 is 14.5 Å². The van der Waals surface area contributed by atoms with Crippen LogP contribution in [0.25, 0.3) is 0 Å². The van der Waals surface area contributed by atoms with Crippen LogP contribution in [-0.4, -0.2) is 37.4 Å². The van der Waals surface area contributed by atoms with E-state index < -0.39 is 15.1 Å². The second-order valence-corrected chi connectivity index (χ2v) is 6.66. The van der Waals surface area contributed by atoms with E-state index in [1.54, 1.807) is 24.3 Å². The summed E-state index contributed by atoms with van der Waals surface area (Å²) in [6, 6.07) is 7.20. The third-order valence-corrected chi connectivity index (χ3v) is 3.60. The van der Waals surface area contributed by atoms with Gasteiger partial charge in [-0.25, -0.2) is 8.42 Å². The molecule has 0 atom stereocenters. The first-order chi connectivity index (χ1) is 10.9. The summed E-state index contributed by atoms with van der Waals surface area (Å²) in [5, 5.41) is 9.10. The highest BCUT2D eigenvalue weighted by Crippen LogP contribution is 2.12. The minimum Gasteiger partial charge on any atom is -0.494 e. The lowest BCUT2D eigenvalue weighted by Gasteiger charge is -2.05. The first kappa shape index (κ1) is 16.9. The second kappa shape index (κ2) is 7.23. The van der Waals surface area contributed by atoms with E-state index in [9.17, 15) is 13.2 Å². The Morgan fingerprint density at radius 1 is 1.26 bits per heavy atom. The van der Waals surface area contributed by atoms with Crippen LogP contribution < -0.4 is 10.1 Å². The van der Waals surface area contributed by atoms with Crippen molar-refractivity contribution in [3.63, 3.8) is 0 Å². The highest BCUT2D eigenvalue weighted by Gasteiger charge is 2.16. The minimum absolute atomic E-state index is 0.0294. The molecule has 124 valence electrons. The van der Waals surface area contributed by atoms with Crippen molar-refractivity contribution in [2.45, 2.75) is 25.1 Å². The summed E-state index contributed by atoms with van der Waals surface area (Å²) in [4.78, 5) is 11.8. The van der Waals surface area contributed by atoms with Crippen LogP contribution in [0.4, 0.5) is 0 Å². The van der Waals surface area contributed by atoms with Gasteiger partial charge in [0.2, 0.25) is 21.6 Å². The van der Waals surface area contributed by atoms with Crippen LogP contribution in [0.2, 0.25) is 0 Å². The Bertz CT molecular complexity index is 768. The molecule has 0 aliphatic carbocycles. The summed E-state index contributed by atoms with van der Waals surface area (Å²) in [6.45, 7) is 2.45. The lowest BCUT2D eigenvalue weighted by Crippen LogP contribution is -2.24. The number of hydrogen-bond donors (Lipinski definition) is 1. The minimum atomic E-state index is -3.54. The zero-order valence-corrected chi connectivity index (χ0v) is 13.6. The smallest absolute Gasteiger partial charge is 0.335 e. The quantitative estimate of drug-likeness (QED) is 0.791.